The SMILES string of the molecule is COc1cc(C)cc(C)c1CCNCCCS. The minimum Gasteiger partial charge on any atom is -0.496 e. The van der Waals surface area contributed by atoms with E-state index >= 15 is 0 Å². The summed E-state index contributed by atoms with van der Waals surface area (Å²) >= 11 is 4.19. The third-order valence-corrected chi connectivity index (χ3v) is 3.18. The van der Waals surface area contributed by atoms with Crippen molar-refractivity contribution in [3.63, 3.8) is 0 Å². The molecule has 0 spiro atoms. The van der Waals surface area contributed by atoms with E-state index in [1.165, 1.54) is 16.7 Å². The van der Waals surface area contributed by atoms with Crippen molar-refractivity contribution in [3.8, 4) is 5.75 Å². The highest BCUT2D eigenvalue weighted by Gasteiger charge is 2.06. The van der Waals surface area contributed by atoms with Crippen molar-refractivity contribution < 1.29 is 4.74 Å². The maximum absolute atomic E-state index is 5.45. The second-order valence-corrected chi connectivity index (χ2v) is 4.79. The number of nitrogens with one attached hydrogen (secondary N) is 1. The summed E-state index contributed by atoms with van der Waals surface area (Å²) in [5.41, 5.74) is 3.89. The van der Waals surface area contributed by atoms with E-state index in [4.69, 9.17) is 4.74 Å². The molecule has 17 heavy (non-hydrogen) atoms. The van der Waals surface area contributed by atoms with Gasteiger partial charge < -0.3 is 10.1 Å². The van der Waals surface area contributed by atoms with Gasteiger partial charge in [-0.15, -0.1) is 0 Å². The van der Waals surface area contributed by atoms with Crippen molar-refractivity contribution >= 4 is 12.6 Å². The van der Waals surface area contributed by atoms with Gasteiger partial charge in [0, 0.05) is 0 Å². The zero-order chi connectivity index (χ0) is 12.7. The van der Waals surface area contributed by atoms with Gasteiger partial charge in [-0.25, -0.2) is 0 Å². The van der Waals surface area contributed by atoms with Gasteiger partial charge in [-0.05, 0) is 68.3 Å². The van der Waals surface area contributed by atoms with Crippen molar-refractivity contribution in [2.75, 3.05) is 26.0 Å². The predicted octanol–water partition coefficient (Wildman–Crippen LogP) is 2.76. The summed E-state index contributed by atoms with van der Waals surface area (Å²) in [6, 6.07) is 4.32. The van der Waals surface area contributed by atoms with Crippen LogP contribution in [-0.2, 0) is 6.42 Å². The van der Waals surface area contributed by atoms with Crippen molar-refractivity contribution in [2.45, 2.75) is 26.7 Å². The number of hydrogen-bond acceptors (Lipinski definition) is 3. The standard InChI is InChI=1S/C14H23NOS/c1-11-9-12(2)13(14(10-11)16-3)5-7-15-6-4-8-17/h9-10,15,17H,4-8H2,1-3H3. The number of aryl methyl sites for hydroxylation is 2. The molecule has 0 aliphatic heterocycles. The monoisotopic (exact) mass is 253 g/mol. The van der Waals surface area contributed by atoms with Gasteiger partial charge in [-0.2, -0.15) is 12.6 Å². The van der Waals surface area contributed by atoms with Crippen molar-refractivity contribution in [1.29, 1.82) is 0 Å². The second kappa shape index (κ2) is 7.62. The smallest absolute Gasteiger partial charge is 0.122 e. The largest absolute Gasteiger partial charge is 0.496 e. The van der Waals surface area contributed by atoms with E-state index in [2.05, 4.69) is 43.9 Å². The van der Waals surface area contributed by atoms with Crippen LogP contribution in [0.25, 0.3) is 0 Å². The van der Waals surface area contributed by atoms with Crippen LogP contribution in [0.4, 0.5) is 0 Å². The fourth-order valence-electron chi connectivity index (χ4n) is 2.00. The molecule has 96 valence electrons. The molecule has 0 amide bonds. The Hall–Kier alpha value is -0.670. The lowest BCUT2D eigenvalue weighted by Gasteiger charge is -2.13. The van der Waals surface area contributed by atoms with Crippen LogP contribution in [0, 0.1) is 13.8 Å². The summed E-state index contributed by atoms with van der Waals surface area (Å²) in [5.74, 6) is 1.96. The maximum atomic E-state index is 5.45. The summed E-state index contributed by atoms with van der Waals surface area (Å²) in [5, 5.41) is 3.42. The van der Waals surface area contributed by atoms with E-state index in [0.717, 1.165) is 37.4 Å². The first-order chi connectivity index (χ1) is 8.19. The van der Waals surface area contributed by atoms with Crippen molar-refractivity contribution in [2.24, 2.45) is 0 Å². The Bertz CT molecular complexity index is 352. The number of ether oxygens (including phenoxy) is 1. The number of benzene rings is 1. The molecule has 1 aromatic rings. The molecule has 0 saturated heterocycles. The molecule has 0 aliphatic rings. The summed E-state index contributed by atoms with van der Waals surface area (Å²) < 4.78 is 5.45. The molecule has 0 heterocycles. The highest BCUT2D eigenvalue weighted by Crippen LogP contribution is 2.24. The van der Waals surface area contributed by atoms with E-state index in [0.29, 0.717) is 0 Å². The zero-order valence-corrected chi connectivity index (χ0v) is 11.9. The molecule has 0 atom stereocenters. The van der Waals surface area contributed by atoms with Gasteiger partial charge in [0.25, 0.3) is 0 Å². The predicted molar refractivity (Wildman–Crippen MR) is 77.5 cm³/mol. The van der Waals surface area contributed by atoms with Gasteiger partial charge in [0.1, 0.15) is 5.75 Å². The first-order valence-corrected chi connectivity index (χ1v) is 6.78. The molecule has 0 aliphatic carbocycles. The lowest BCUT2D eigenvalue weighted by atomic mass is 10.0. The summed E-state index contributed by atoms with van der Waals surface area (Å²) in [7, 11) is 1.74. The fraction of sp³-hybridized carbons (Fsp3) is 0.571. The van der Waals surface area contributed by atoms with Crippen LogP contribution in [0.1, 0.15) is 23.1 Å². The third kappa shape index (κ3) is 4.60. The molecule has 0 bridgehead atoms. The Morgan fingerprint density at radius 2 is 2.00 bits per heavy atom. The van der Waals surface area contributed by atoms with Gasteiger partial charge in [0.15, 0.2) is 0 Å². The lowest BCUT2D eigenvalue weighted by Crippen LogP contribution is -2.19. The minimum atomic E-state index is 0.944. The molecule has 0 radical (unpaired) electrons. The number of rotatable bonds is 7. The second-order valence-electron chi connectivity index (χ2n) is 4.34. The fourth-order valence-corrected chi connectivity index (χ4v) is 2.16. The molecule has 0 saturated carbocycles. The number of thiol groups is 1. The highest BCUT2D eigenvalue weighted by atomic mass is 32.1. The molecule has 0 unspecified atom stereocenters. The first-order valence-electron chi connectivity index (χ1n) is 6.14. The quantitative estimate of drug-likeness (QED) is 0.576. The molecular formula is C14H23NOS. The Morgan fingerprint density at radius 1 is 1.24 bits per heavy atom. The summed E-state index contributed by atoms with van der Waals surface area (Å²) in [4.78, 5) is 0. The van der Waals surface area contributed by atoms with Gasteiger partial charge in [-0.3, -0.25) is 0 Å². The highest BCUT2D eigenvalue weighted by molar-refractivity contribution is 7.80. The van der Waals surface area contributed by atoms with Gasteiger partial charge in [-0.1, -0.05) is 6.07 Å². The number of hydrogen-bond donors (Lipinski definition) is 2. The Labute approximate surface area is 110 Å². The molecule has 2 nitrogen and oxygen atoms in total. The molecule has 0 aromatic heterocycles. The normalized spacial score (nSPS) is 10.6. The molecule has 3 heteroatoms. The van der Waals surface area contributed by atoms with Gasteiger partial charge >= 0.3 is 0 Å². The van der Waals surface area contributed by atoms with Crippen LogP contribution in [0.3, 0.4) is 0 Å². The maximum Gasteiger partial charge on any atom is 0.122 e. The van der Waals surface area contributed by atoms with Crippen molar-refractivity contribution in [1.82, 2.24) is 5.32 Å². The van der Waals surface area contributed by atoms with Crippen LogP contribution >= 0.6 is 12.6 Å². The first kappa shape index (κ1) is 14.4. The Morgan fingerprint density at radius 3 is 2.65 bits per heavy atom. The summed E-state index contributed by atoms with van der Waals surface area (Å²) in [6.07, 6.45) is 2.13. The molecular weight excluding hydrogens is 230 g/mol. The topological polar surface area (TPSA) is 21.3 Å². The van der Waals surface area contributed by atoms with Crippen LogP contribution in [0.2, 0.25) is 0 Å². The van der Waals surface area contributed by atoms with Crippen LogP contribution in [0.15, 0.2) is 12.1 Å². The minimum absolute atomic E-state index is 0.944. The van der Waals surface area contributed by atoms with E-state index in [9.17, 15) is 0 Å². The Balaban J connectivity index is 2.57. The van der Waals surface area contributed by atoms with E-state index in [1.54, 1.807) is 7.11 Å². The lowest BCUT2D eigenvalue weighted by molar-refractivity contribution is 0.408. The Kier molecular flexibility index (Phi) is 6.45. The van der Waals surface area contributed by atoms with Crippen LogP contribution in [0.5, 0.6) is 5.75 Å². The van der Waals surface area contributed by atoms with Crippen LogP contribution < -0.4 is 10.1 Å². The van der Waals surface area contributed by atoms with E-state index < -0.39 is 0 Å². The van der Waals surface area contributed by atoms with Gasteiger partial charge in [0.2, 0.25) is 0 Å². The average Bonchev–Trinajstić information content (AvgIpc) is 2.30. The van der Waals surface area contributed by atoms with E-state index in [-0.39, 0.29) is 0 Å². The van der Waals surface area contributed by atoms with Crippen molar-refractivity contribution in [3.05, 3.63) is 28.8 Å². The summed E-state index contributed by atoms with van der Waals surface area (Å²) in [6.45, 7) is 6.29. The van der Waals surface area contributed by atoms with Crippen LogP contribution in [-0.4, -0.2) is 26.0 Å². The average molecular weight is 253 g/mol. The number of methoxy groups -OCH3 is 1. The molecule has 1 N–H and O–H groups in total. The van der Waals surface area contributed by atoms with E-state index in [1.807, 2.05) is 0 Å². The van der Waals surface area contributed by atoms with Gasteiger partial charge in [0.05, 0.1) is 7.11 Å². The zero-order valence-electron chi connectivity index (χ0n) is 11.0. The molecule has 1 rings (SSSR count). The molecule has 0 fully saturated rings. The molecule has 1 aromatic carbocycles. The third-order valence-electron chi connectivity index (χ3n) is 2.86.